The molecule has 1 heteroatoms. The van der Waals surface area contributed by atoms with Crippen LogP contribution in [0.4, 0.5) is 4.39 Å². The van der Waals surface area contributed by atoms with Gasteiger partial charge in [-0.2, -0.15) is 0 Å². The van der Waals surface area contributed by atoms with Crippen LogP contribution in [-0.4, -0.2) is 7.18 Å². The van der Waals surface area contributed by atoms with E-state index in [1.165, 1.54) is 43.2 Å². The minimum atomic E-state index is 0.307. The van der Waals surface area contributed by atoms with Gasteiger partial charge in [-0.1, -0.05) is 52.0 Å². The Labute approximate surface area is 160 Å². The molecule has 3 aliphatic carbocycles. The van der Waals surface area contributed by atoms with Gasteiger partial charge in [-0.3, -0.25) is 4.39 Å². The van der Waals surface area contributed by atoms with Gasteiger partial charge in [-0.25, -0.2) is 0 Å². The number of hydrogen-bond donors (Lipinski definition) is 0. The van der Waals surface area contributed by atoms with Crippen LogP contribution in [0.2, 0.25) is 0 Å². The summed E-state index contributed by atoms with van der Waals surface area (Å²) < 4.78 is 9.50. The smallest absolute Gasteiger partial charge is 0.0785 e. The van der Waals surface area contributed by atoms with E-state index in [9.17, 15) is 4.39 Å². The molecule has 1 aromatic carbocycles. The molecule has 0 amide bonds. The molecule has 0 heterocycles. The zero-order valence-corrected chi connectivity index (χ0v) is 17.9. The first-order chi connectivity index (χ1) is 12.2. The number of rotatable bonds is 1. The van der Waals surface area contributed by atoms with E-state index in [1.807, 2.05) is 0 Å². The van der Waals surface area contributed by atoms with Crippen LogP contribution in [0.15, 0.2) is 24.3 Å². The molecule has 0 aromatic heterocycles. The largest absolute Gasteiger partial charge is 0.255 e. The molecule has 2 fully saturated rings. The molecule has 26 heavy (non-hydrogen) atoms. The van der Waals surface area contributed by atoms with Crippen LogP contribution in [0.1, 0.15) is 75.6 Å². The Kier molecular flexibility index (Phi) is 4.69. The predicted molar refractivity (Wildman–Crippen MR) is 110 cm³/mol. The Morgan fingerprint density at radius 3 is 2.46 bits per heavy atom. The van der Waals surface area contributed by atoms with Crippen LogP contribution in [-0.2, 0) is 11.8 Å². The number of fused-ring (bicyclic) bond motifs is 2. The van der Waals surface area contributed by atoms with Crippen molar-refractivity contribution in [2.45, 2.75) is 79.1 Å². The van der Waals surface area contributed by atoms with E-state index in [4.69, 9.17) is 0 Å². The van der Waals surface area contributed by atoms with Crippen molar-refractivity contribution in [3.05, 3.63) is 46.5 Å². The third-order valence-electron chi connectivity index (χ3n) is 9.36. The van der Waals surface area contributed by atoms with Crippen LogP contribution in [0.5, 0.6) is 0 Å². The molecule has 2 saturated carbocycles. The standard InChI is InChI=1S/C24H34.CH3F/c1-8-23-13-20-10-9-15(2)17(4)21(20)24(14-23)18(5)16(3)11-12-22(24,7)19(23)6;1-2/h9-10,18-19H,3,8,11-14H2,1-2,4-7H3;1H3/t18-,19?,22-,23+,24+;/m0./s1. The van der Waals surface area contributed by atoms with Crippen molar-refractivity contribution in [1.82, 2.24) is 0 Å². The molecular weight excluding hydrogens is 319 g/mol. The molecule has 1 unspecified atom stereocenters. The van der Waals surface area contributed by atoms with Crippen LogP contribution in [0.3, 0.4) is 0 Å². The van der Waals surface area contributed by atoms with Gasteiger partial charge in [0.15, 0.2) is 0 Å². The normalized spacial score (nSPS) is 40.4. The number of aryl methyl sites for hydroxylation is 1. The first kappa shape index (κ1) is 19.6. The van der Waals surface area contributed by atoms with Gasteiger partial charge in [0, 0.05) is 5.41 Å². The summed E-state index contributed by atoms with van der Waals surface area (Å²) >= 11 is 0. The van der Waals surface area contributed by atoms with Crippen molar-refractivity contribution in [2.75, 3.05) is 7.18 Å². The van der Waals surface area contributed by atoms with E-state index in [-0.39, 0.29) is 0 Å². The van der Waals surface area contributed by atoms with Crippen LogP contribution < -0.4 is 0 Å². The monoisotopic (exact) mass is 356 g/mol. The fraction of sp³-hybridized carbons (Fsp3) is 0.680. The van der Waals surface area contributed by atoms with Gasteiger partial charge in [0.2, 0.25) is 0 Å². The topological polar surface area (TPSA) is 0 Å². The van der Waals surface area contributed by atoms with Gasteiger partial charge in [0.05, 0.1) is 7.18 Å². The molecule has 1 aromatic rings. The third kappa shape index (κ3) is 2.06. The third-order valence-corrected chi connectivity index (χ3v) is 9.36. The van der Waals surface area contributed by atoms with Crippen molar-refractivity contribution in [1.29, 1.82) is 0 Å². The van der Waals surface area contributed by atoms with Gasteiger partial charge in [-0.05, 0) is 90.9 Å². The van der Waals surface area contributed by atoms with Crippen molar-refractivity contribution in [2.24, 2.45) is 22.7 Å². The van der Waals surface area contributed by atoms with Crippen LogP contribution in [0, 0.1) is 36.5 Å². The zero-order valence-electron chi connectivity index (χ0n) is 17.9. The second kappa shape index (κ2) is 6.21. The van der Waals surface area contributed by atoms with Gasteiger partial charge in [0.25, 0.3) is 0 Å². The number of benzene rings is 1. The molecule has 0 nitrogen and oxygen atoms in total. The molecule has 0 radical (unpaired) electrons. The van der Waals surface area contributed by atoms with Crippen molar-refractivity contribution >= 4 is 0 Å². The number of alkyl halides is 1. The van der Waals surface area contributed by atoms with E-state index >= 15 is 0 Å². The Balaban J connectivity index is 0.000000948. The lowest BCUT2D eigenvalue weighted by Gasteiger charge is -2.56. The highest BCUT2D eigenvalue weighted by Crippen LogP contribution is 2.76. The highest BCUT2D eigenvalue weighted by molar-refractivity contribution is 5.53. The lowest BCUT2D eigenvalue weighted by Crippen LogP contribution is -2.51. The summed E-state index contributed by atoms with van der Waals surface area (Å²) in [7, 11) is 0.500. The van der Waals surface area contributed by atoms with Gasteiger partial charge < -0.3 is 0 Å². The van der Waals surface area contributed by atoms with Crippen molar-refractivity contribution < 1.29 is 4.39 Å². The van der Waals surface area contributed by atoms with E-state index in [0.717, 1.165) is 5.92 Å². The Morgan fingerprint density at radius 1 is 1.19 bits per heavy atom. The molecular formula is C25H37F. The molecule has 0 saturated heterocycles. The maximum atomic E-state index is 9.50. The molecule has 1 spiro atoms. The highest BCUT2D eigenvalue weighted by Gasteiger charge is 2.70. The van der Waals surface area contributed by atoms with E-state index in [1.54, 1.807) is 16.7 Å². The summed E-state index contributed by atoms with van der Waals surface area (Å²) in [6.07, 6.45) is 6.54. The maximum Gasteiger partial charge on any atom is 0.0785 e. The lowest BCUT2D eigenvalue weighted by molar-refractivity contribution is 0.0503. The molecule has 5 atom stereocenters. The average Bonchev–Trinajstić information content (AvgIpc) is 2.81. The molecule has 3 aliphatic rings. The first-order valence-electron chi connectivity index (χ1n) is 10.4. The summed E-state index contributed by atoms with van der Waals surface area (Å²) in [5.74, 6) is 1.39. The summed E-state index contributed by atoms with van der Waals surface area (Å²) in [6, 6.07) is 4.83. The van der Waals surface area contributed by atoms with Gasteiger partial charge >= 0.3 is 0 Å². The zero-order chi connectivity index (χ0) is 19.5. The first-order valence-corrected chi connectivity index (χ1v) is 10.4. The van der Waals surface area contributed by atoms with Crippen LogP contribution >= 0.6 is 0 Å². The average molecular weight is 357 g/mol. The molecule has 144 valence electrons. The highest BCUT2D eigenvalue weighted by atomic mass is 19.1. The summed E-state index contributed by atoms with van der Waals surface area (Å²) in [4.78, 5) is 0. The number of halogens is 1. The Hall–Kier alpha value is -1.11. The summed E-state index contributed by atoms with van der Waals surface area (Å²) in [5.41, 5.74) is 9.13. The fourth-order valence-electron chi connectivity index (χ4n) is 7.43. The van der Waals surface area contributed by atoms with Crippen molar-refractivity contribution in [3.8, 4) is 0 Å². The fourth-order valence-corrected chi connectivity index (χ4v) is 7.43. The Bertz CT molecular complexity index is 732. The lowest BCUT2D eigenvalue weighted by atomic mass is 9.48. The van der Waals surface area contributed by atoms with Crippen molar-refractivity contribution in [3.63, 3.8) is 0 Å². The molecule has 0 N–H and O–H groups in total. The second-order valence-electron chi connectivity index (χ2n) is 9.60. The molecule has 0 aliphatic heterocycles. The second-order valence-corrected chi connectivity index (χ2v) is 9.60. The molecule has 4 rings (SSSR count). The van der Waals surface area contributed by atoms with Gasteiger partial charge in [0.1, 0.15) is 0 Å². The summed E-state index contributed by atoms with van der Waals surface area (Å²) in [6.45, 7) is 19.4. The minimum absolute atomic E-state index is 0.307. The minimum Gasteiger partial charge on any atom is -0.255 e. The van der Waals surface area contributed by atoms with Crippen LogP contribution in [0.25, 0.3) is 0 Å². The molecule has 2 bridgehead atoms. The Morgan fingerprint density at radius 2 is 1.85 bits per heavy atom. The van der Waals surface area contributed by atoms with E-state index in [0.29, 0.717) is 29.3 Å². The van der Waals surface area contributed by atoms with Gasteiger partial charge in [-0.15, -0.1) is 0 Å². The predicted octanol–water partition coefficient (Wildman–Crippen LogP) is 7.11. The van der Waals surface area contributed by atoms with E-state index in [2.05, 4.69) is 60.3 Å². The quantitative estimate of drug-likeness (QED) is 0.470. The number of hydrogen-bond acceptors (Lipinski definition) is 0. The SMILES string of the molecule is C=C1CC[C@@]2(C)C(C)[C@]3(CC)Cc4ccc(C)c(C)c4[C@@]2(C3)[C@H]1C.CF. The maximum absolute atomic E-state index is 9.50. The summed E-state index contributed by atoms with van der Waals surface area (Å²) in [5, 5.41) is 0. The van der Waals surface area contributed by atoms with E-state index < -0.39 is 0 Å². The number of allylic oxidation sites excluding steroid dienone is 1.